The quantitative estimate of drug-likeness (QED) is 0.290. The van der Waals surface area contributed by atoms with Crippen molar-refractivity contribution < 1.29 is 9.59 Å². The lowest BCUT2D eigenvalue weighted by Crippen LogP contribution is -2.29. The average molecular weight is 467 g/mol. The Labute approximate surface area is 203 Å². The first kappa shape index (κ1) is 22.2. The van der Waals surface area contributed by atoms with Crippen LogP contribution in [0.1, 0.15) is 28.9 Å². The second-order valence-corrected chi connectivity index (χ2v) is 9.58. The van der Waals surface area contributed by atoms with Crippen LogP contribution in [0.2, 0.25) is 0 Å². The molecule has 1 aromatic heterocycles. The zero-order chi connectivity index (χ0) is 23.7. The molecular formula is C29H26N2O2S. The topological polar surface area (TPSA) is 42.3 Å². The second-order valence-electron chi connectivity index (χ2n) is 8.58. The SMILES string of the molecule is Cc1cc(/C=C2/SC(=O)N(CCCc3ccccc3)C2=O)c(C)n1-c1cccc2ccccc12. The molecule has 4 aromatic rings. The van der Waals surface area contributed by atoms with Crippen molar-refractivity contribution in [2.45, 2.75) is 26.7 Å². The van der Waals surface area contributed by atoms with Gasteiger partial charge in [0.25, 0.3) is 11.1 Å². The van der Waals surface area contributed by atoms with Crippen molar-refractivity contribution in [2.24, 2.45) is 0 Å². The predicted octanol–water partition coefficient (Wildman–Crippen LogP) is 6.92. The third kappa shape index (κ3) is 4.19. The van der Waals surface area contributed by atoms with Crippen LogP contribution in [0.25, 0.3) is 22.5 Å². The fourth-order valence-corrected chi connectivity index (χ4v) is 5.48. The molecule has 1 saturated heterocycles. The molecule has 0 aliphatic carbocycles. The number of thioether (sulfide) groups is 1. The first-order valence-corrected chi connectivity index (χ1v) is 12.3. The van der Waals surface area contributed by atoms with E-state index in [0.717, 1.165) is 47.2 Å². The normalized spacial score (nSPS) is 15.1. The number of benzene rings is 3. The number of hydrogen-bond donors (Lipinski definition) is 0. The molecule has 0 unspecified atom stereocenters. The van der Waals surface area contributed by atoms with Gasteiger partial charge in [0.05, 0.1) is 10.6 Å². The van der Waals surface area contributed by atoms with Gasteiger partial charge in [-0.05, 0) is 73.2 Å². The summed E-state index contributed by atoms with van der Waals surface area (Å²) in [6.07, 6.45) is 3.46. The molecule has 34 heavy (non-hydrogen) atoms. The minimum Gasteiger partial charge on any atom is -0.317 e. The number of aromatic nitrogens is 1. The van der Waals surface area contributed by atoms with Gasteiger partial charge in [0.2, 0.25) is 0 Å². The van der Waals surface area contributed by atoms with Crippen LogP contribution in [0.5, 0.6) is 0 Å². The highest BCUT2D eigenvalue weighted by Gasteiger charge is 2.34. The number of imide groups is 1. The lowest BCUT2D eigenvalue weighted by molar-refractivity contribution is -0.122. The smallest absolute Gasteiger partial charge is 0.293 e. The van der Waals surface area contributed by atoms with Crippen LogP contribution in [-0.2, 0) is 11.2 Å². The predicted molar refractivity (Wildman–Crippen MR) is 140 cm³/mol. The Morgan fingerprint density at radius 2 is 1.62 bits per heavy atom. The summed E-state index contributed by atoms with van der Waals surface area (Å²) >= 11 is 1.03. The Bertz CT molecular complexity index is 1410. The summed E-state index contributed by atoms with van der Waals surface area (Å²) in [6, 6.07) is 26.9. The lowest BCUT2D eigenvalue weighted by Gasteiger charge is -2.13. The number of rotatable bonds is 6. The molecule has 0 N–H and O–H groups in total. The summed E-state index contributed by atoms with van der Waals surface area (Å²) < 4.78 is 2.22. The maximum atomic E-state index is 13.0. The highest BCUT2D eigenvalue weighted by molar-refractivity contribution is 8.18. The second kappa shape index (κ2) is 9.35. The first-order chi connectivity index (χ1) is 16.5. The van der Waals surface area contributed by atoms with Crippen LogP contribution in [0, 0.1) is 13.8 Å². The highest BCUT2D eigenvalue weighted by Crippen LogP contribution is 2.34. The van der Waals surface area contributed by atoms with Crippen molar-refractivity contribution in [2.75, 3.05) is 6.54 Å². The molecule has 5 heteroatoms. The maximum absolute atomic E-state index is 13.0. The molecule has 0 saturated carbocycles. The number of nitrogens with zero attached hydrogens (tertiary/aromatic N) is 2. The Balaban J connectivity index is 1.39. The number of amides is 2. The van der Waals surface area contributed by atoms with E-state index in [1.54, 1.807) is 0 Å². The highest BCUT2D eigenvalue weighted by atomic mass is 32.2. The zero-order valence-electron chi connectivity index (χ0n) is 19.3. The standard InChI is InChI=1S/C29H26N2O2S/c1-20-18-24(21(2)31(20)26-16-8-14-23-13-6-7-15-25(23)26)19-27-28(32)30(29(33)34-27)17-9-12-22-10-4-3-5-11-22/h3-8,10-11,13-16,18-19H,9,12,17H2,1-2H3/b27-19+. The van der Waals surface area contributed by atoms with Crippen LogP contribution >= 0.6 is 11.8 Å². The Kier molecular flexibility index (Phi) is 6.12. The van der Waals surface area contributed by atoms with Crippen molar-refractivity contribution in [3.05, 3.63) is 106 Å². The first-order valence-electron chi connectivity index (χ1n) is 11.5. The van der Waals surface area contributed by atoms with E-state index in [1.807, 2.05) is 30.3 Å². The van der Waals surface area contributed by atoms with E-state index in [-0.39, 0.29) is 11.1 Å². The van der Waals surface area contributed by atoms with Crippen molar-refractivity contribution in [3.63, 3.8) is 0 Å². The van der Waals surface area contributed by atoms with Gasteiger partial charge in [0.15, 0.2) is 0 Å². The number of carbonyl (C=O) groups excluding carboxylic acids is 2. The van der Waals surface area contributed by atoms with Crippen LogP contribution < -0.4 is 0 Å². The van der Waals surface area contributed by atoms with Crippen LogP contribution in [-0.4, -0.2) is 27.2 Å². The van der Waals surface area contributed by atoms with Crippen LogP contribution in [0.15, 0.2) is 83.8 Å². The van der Waals surface area contributed by atoms with Gasteiger partial charge < -0.3 is 4.57 Å². The number of hydrogen-bond acceptors (Lipinski definition) is 3. The van der Waals surface area contributed by atoms with Gasteiger partial charge in [-0.25, -0.2) is 0 Å². The van der Waals surface area contributed by atoms with Crippen LogP contribution in [0.4, 0.5) is 4.79 Å². The minimum atomic E-state index is -0.196. The van der Waals surface area contributed by atoms with Gasteiger partial charge in [-0.3, -0.25) is 14.5 Å². The lowest BCUT2D eigenvalue weighted by atomic mass is 10.1. The summed E-state index contributed by atoms with van der Waals surface area (Å²) in [7, 11) is 0. The summed E-state index contributed by atoms with van der Waals surface area (Å²) in [5.41, 5.74) is 5.42. The van der Waals surface area contributed by atoms with E-state index < -0.39 is 0 Å². The molecule has 1 fully saturated rings. The Hall–Kier alpha value is -3.57. The molecule has 0 radical (unpaired) electrons. The largest absolute Gasteiger partial charge is 0.317 e. The van der Waals surface area contributed by atoms with Crippen molar-refractivity contribution in [3.8, 4) is 5.69 Å². The molecule has 2 amide bonds. The van der Waals surface area contributed by atoms with Crippen molar-refractivity contribution in [1.29, 1.82) is 0 Å². The Morgan fingerprint density at radius 3 is 2.44 bits per heavy atom. The van der Waals surface area contributed by atoms with Crippen molar-refractivity contribution >= 4 is 39.8 Å². The fourth-order valence-electron chi connectivity index (χ4n) is 4.63. The Morgan fingerprint density at radius 1 is 0.882 bits per heavy atom. The summed E-state index contributed by atoms with van der Waals surface area (Å²) in [6.45, 7) is 4.57. The summed E-state index contributed by atoms with van der Waals surface area (Å²) in [4.78, 5) is 27.5. The fraction of sp³-hybridized carbons (Fsp3) is 0.172. The van der Waals surface area contributed by atoms with E-state index in [2.05, 4.69) is 73.0 Å². The average Bonchev–Trinajstić information content (AvgIpc) is 3.28. The zero-order valence-corrected chi connectivity index (χ0v) is 20.1. The van der Waals surface area contributed by atoms with Gasteiger partial charge in [0.1, 0.15) is 0 Å². The molecule has 3 aromatic carbocycles. The molecule has 0 atom stereocenters. The van der Waals surface area contributed by atoms with E-state index in [0.29, 0.717) is 11.4 Å². The molecule has 0 spiro atoms. The monoisotopic (exact) mass is 466 g/mol. The van der Waals surface area contributed by atoms with Gasteiger partial charge in [-0.1, -0.05) is 66.7 Å². The molecule has 1 aliphatic heterocycles. The van der Waals surface area contributed by atoms with E-state index in [1.165, 1.54) is 21.2 Å². The number of aryl methyl sites for hydroxylation is 2. The summed E-state index contributed by atoms with van der Waals surface area (Å²) in [5.74, 6) is -0.196. The van der Waals surface area contributed by atoms with E-state index in [9.17, 15) is 9.59 Å². The molecule has 0 bridgehead atoms. The van der Waals surface area contributed by atoms with Gasteiger partial charge in [0, 0.05) is 23.3 Å². The van der Waals surface area contributed by atoms with Crippen molar-refractivity contribution in [1.82, 2.24) is 9.47 Å². The molecule has 2 heterocycles. The molecule has 4 nitrogen and oxygen atoms in total. The molecule has 170 valence electrons. The molecule has 5 rings (SSSR count). The van der Waals surface area contributed by atoms with Gasteiger partial charge in [-0.2, -0.15) is 0 Å². The van der Waals surface area contributed by atoms with E-state index >= 15 is 0 Å². The minimum absolute atomic E-state index is 0.188. The van der Waals surface area contributed by atoms with E-state index in [4.69, 9.17) is 0 Å². The summed E-state index contributed by atoms with van der Waals surface area (Å²) in [5, 5.41) is 2.18. The van der Waals surface area contributed by atoms with Crippen LogP contribution in [0.3, 0.4) is 0 Å². The molecule has 1 aliphatic rings. The third-order valence-electron chi connectivity index (χ3n) is 6.33. The van der Waals surface area contributed by atoms with Gasteiger partial charge >= 0.3 is 0 Å². The maximum Gasteiger partial charge on any atom is 0.293 e. The van der Waals surface area contributed by atoms with Gasteiger partial charge in [-0.15, -0.1) is 0 Å². The molecular weight excluding hydrogens is 440 g/mol. The number of carbonyl (C=O) groups is 2. The number of fused-ring (bicyclic) bond motifs is 1. The third-order valence-corrected chi connectivity index (χ3v) is 7.24.